The molecule has 0 aliphatic rings. The summed E-state index contributed by atoms with van der Waals surface area (Å²) in [5.74, 6) is 0. The molecule has 0 aliphatic heterocycles. The van der Waals surface area contributed by atoms with Crippen molar-refractivity contribution in [1.82, 2.24) is 19.1 Å². The third kappa shape index (κ3) is 3.60. The van der Waals surface area contributed by atoms with Crippen molar-refractivity contribution in [1.29, 1.82) is 0 Å². The molecule has 0 bridgehead atoms. The maximum Gasteiger partial charge on any atom is 0.146 e. The van der Waals surface area contributed by atoms with Crippen LogP contribution in [0.5, 0.6) is 0 Å². The molecular weight excluding hydrogens is 533 g/mol. The molecule has 4 nitrogen and oxygen atoms in total. The predicted octanol–water partition coefficient (Wildman–Crippen LogP) is 10.5. The lowest BCUT2D eigenvalue weighted by molar-refractivity contribution is 1.09. The molecule has 5 heteroatoms. The molecule has 0 N–H and O–H groups in total. The van der Waals surface area contributed by atoms with Gasteiger partial charge in [0.25, 0.3) is 0 Å². The lowest BCUT2D eigenvalue weighted by Gasteiger charge is -2.09. The summed E-state index contributed by atoms with van der Waals surface area (Å²) in [6.45, 7) is 4.25. The van der Waals surface area contributed by atoms with Gasteiger partial charge in [0.15, 0.2) is 0 Å². The molecule has 202 valence electrons. The average Bonchev–Trinajstić information content (AvgIpc) is 3.68. The number of rotatable bonds is 2. The number of hydrogen-bond acceptors (Lipinski definition) is 3. The van der Waals surface area contributed by atoms with Crippen LogP contribution in [0.2, 0.25) is 0 Å². The summed E-state index contributed by atoms with van der Waals surface area (Å²) in [4.78, 5) is 10.2. The van der Waals surface area contributed by atoms with Crippen molar-refractivity contribution in [3.05, 3.63) is 121 Å². The number of pyridine rings is 2. The Bertz CT molecular complexity index is 2410. The average molecular weight is 561 g/mol. The number of benzene rings is 4. The van der Waals surface area contributed by atoms with E-state index < -0.39 is 0 Å². The Hall–Kier alpha value is -5.00. The molecule has 9 aromatic rings. The van der Waals surface area contributed by atoms with Crippen molar-refractivity contribution in [2.75, 3.05) is 0 Å². The van der Waals surface area contributed by atoms with Crippen LogP contribution in [0, 0.1) is 0 Å². The molecule has 0 unspecified atom stereocenters. The highest BCUT2D eigenvalue weighted by Gasteiger charge is 2.21. The number of hydrogen-bond donors (Lipinski definition) is 0. The van der Waals surface area contributed by atoms with Gasteiger partial charge in [-0.25, -0.2) is 4.98 Å². The first-order valence-corrected chi connectivity index (χ1v) is 15.3. The zero-order valence-electron chi connectivity index (χ0n) is 23.5. The van der Waals surface area contributed by atoms with Crippen LogP contribution in [0.4, 0.5) is 0 Å². The van der Waals surface area contributed by atoms with Crippen LogP contribution in [0.15, 0.2) is 121 Å². The largest absolute Gasteiger partial charge is 0.305 e. The SMILES string of the molecule is CCC.c1ccc(-n2c3ccccc3c3cc4c(nc32)c2ncccc2n4-c2cccc3c2sc2ccccc23)cc1. The van der Waals surface area contributed by atoms with Crippen molar-refractivity contribution >= 4 is 75.5 Å². The maximum absolute atomic E-state index is 5.37. The highest BCUT2D eigenvalue weighted by molar-refractivity contribution is 7.26. The molecule has 4 aromatic carbocycles. The van der Waals surface area contributed by atoms with Gasteiger partial charge < -0.3 is 4.57 Å². The lowest BCUT2D eigenvalue weighted by atomic mass is 10.1. The van der Waals surface area contributed by atoms with Crippen molar-refractivity contribution in [3.63, 3.8) is 0 Å². The van der Waals surface area contributed by atoms with Crippen molar-refractivity contribution < 1.29 is 0 Å². The summed E-state index contributed by atoms with van der Waals surface area (Å²) in [6.07, 6.45) is 3.12. The standard InChI is InChI=1S/C34H20N4S.C3H8/c1-2-10-21(11-3-1)37-26-15-6-4-12-22(26)25-20-29-32(36-34(25)37)31-27(17-9-19-35-31)38(29)28-16-8-14-24-23-13-5-7-18-30(23)39-33(24)28;1-3-2/h1-20H;3H2,1-2H3. The first kappa shape index (κ1) is 24.8. The summed E-state index contributed by atoms with van der Waals surface area (Å²) in [7, 11) is 0. The minimum atomic E-state index is 0.913. The Morgan fingerprint density at radius 1 is 0.595 bits per heavy atom. The minimum Gasteiger partial charge on any atom is -0.305 e. The molecule has 5 heterocycles. The van der Waals surface area contributed by atoms with Gasteiger partial charge in [-0.3, -0.25) is 9.55 Å². The fourth-order valence-corrected chi connectivity index (χ4v) is 7.32. The van der Waals surface area contributed by atoms with Crippen LogP contribution < -0.4 is 0 Å². The third-order valence-electron chi connectivity index (χ3n) is 7.76. The number of fused-ring (bicyclic) bond motifs is 9. The number of thiophene rings is 1. The molecule has 0 aliphatic carbocycles. The van der Waals surface area contributed by atoms with Crippen molar-refractivity contribution in [2.24, 2.45) is 0 Å². The van der Waals surface area contributed by atoms with Gasteiger partial charge in [0.05, 0.1) is 26.9 Å². The maximum atomic E-state index is 5.37. The van der Waals surface area contributed by atoms with Gasteiger partial charge in [-0.2, -0.15) is 0 Å². The lowest BCUT2D eigenvalue weighted by Crippen LogP contribution is -1.96. The summed E-state index contributed by atoms with van der Waals surface area (Å²) in [5.41, 5.74) is 8.31. The molecule has 5 aromatic heterocycles. The van der Waals surface area contributed by atoms with E-state index in [4.69, 9.17) is 9.97 Å². The topological polar surface area (TPSA) is 35.6 Å². The third-order valence-corrected chi connectivity index (χ3v) is 8.97. The number of aromatic nitrogens is 4. The second kappa shape index (κ2) is 9.82. The van der Waals surface area contributed by atoms with E-state index in [1.807, 2.05) is 23.6 Å². The van der Waals surface area contributed by atoms with Gasteiger partial charge in [0.1, 0.15) is 16.7 Å². The Morgan fingerprint density at radius 3 is 2.17 bits per heavy atom. The fourth-order valence-electron chi connectivity index (χ4n) is 6.11. The van der Waals surface area contributed by atoms with E-state index in [1.54, 1.807) is 0 Å². The molecule has 0 radical (unpaired) electrons. The highest BCUT2D eigenvalue weighted by Crippen LogP contribution is 2.41. The van der Waals surface area contributed by atoms with Crippen molar-refractivity contribution in [3.8, 4) is 11.4 Å². The molecule has 0 saturated heterocycles. The molecule has 0 fully saturated rings. The quantitative estimate of drug-likeness (QED) is 0.211. The van der Waals surface area contributed by atoms with Crippen molar-refractivity contribution in [2.45, 2.75) is 20.3 Å². The molecular formula is C37H28N4S. The predicted molar refractivity (Wildman–Crippen MR) is 180 cm³/mol. The van der Waals surface area contributed by atoms with E-state index in [1.165, 1.54) is 32.0 Å². The van der Waals surface area contributed by atoms with Crippen LogP contribution in [0.1, 0.15) is 20.3 Å². The normalized spacial score (nSPS) is 11.7. The summed E-state index contributed by atoms with van der Waals surface area (Å²) >= 11 is 1.85. The van der Waals surface area contributed by atoms with Crippen LogP contribution in [-0.4, -0.2) is 19.1 Å². The Balaban J connectivity index is 0.000000856. The smallest absolute Gasteiger partial charge is 0.146 e. The van der Waals surface area contributed by atoms with E-state index in [2.05, 4.69) is 132 Å². The molecule has 0 amide bonds. The number of nitrogens with zero attached hydrogens (tertiary/aromatic N) is 4. The van der Waals surface area contributed by atoms with Gasteiger partial charge in [-0.15, -0.1) is 11.3 Å². The Kier molecular flexibility index (Phi) is 5.79. The van der Waals surface area contributed by atoms with Gasteiger partial charge >= 0.3 is 0 Å². The second-order valence-corrected chi connectivity index (χ2v) is 11.6. The fraction of sp³-hybridized carbons (Fsp3) is 0.0811. The van der Waals surface area contributed by atoms with Gasteiger partial charge in [0.2, 0.25) is 0 Å². The summed E-state index contributed by atoms with van der Waals surface area (Å²) in [5, 5.41) is 4.90. The first-order valence-electron chi connectivity index (χ1n) is 14.4. The van der Waals surface area contributed by atoms with E-state index in [-0.39, 0.29) is 0 Å². The van der Waals surface area contributed by atoms with Crippen LogP contribution in [-0.2, 0) is 0 Å². The van der Waals surface area contributed by atoms with E-state index >= 15 is 0 Å². The Morgan fingerprint density at radius 2 is 1.31 bits per heavy atom. The Labute approximate surface area is 247 Å². The van der Waals surface area contributed by atoms with Crippen LogP contribution >= 0.6 is 11.3 Å². The monoisotopic (exact) mass is 560 g/mol. The highest BCUT2D eigenvalue weighted by atomic mass is 32.1. The van der Waals surface area contributed by atoms with E-state index in [0.717, 1.165) is 50.0 Å². The molecule has 0 spiro atoms. The number of para-hydroxylation sites is 2. The first-order chi connectivity index (χ1) is 20.8. The summed E-state index contributed by atoms with van der Waals surface area (Å²) in [6, 6.07) is 40.8. The molecule has 0 atom stereocenters. The zero-order valence-corrected chi connectivity index (χ0v) is 24.3. The van der Waals surface area contributed by atoms with Gasteiger partial charge in [-0.05, 0) is 48.5 Å². The molecule has 42 heavy (non-hydrogen) atoms. The van der Waals surface area contributed by atoms with Crippen LogP contribution in [0.3, 0.4) is 0 Å². The molecule has 9 rings (SSSR count). The van der Waals surface area contributed by atoms with E-state index in [0.29, 0.717) is 0 Å². The second-order valence-electron chi connectivity index (χ2n) is 10.6. The van der Waals surface area contributed by atoms with Gasteiger partial charge in [0, 0.05) is 38.1 Å². The zero-order chi connectivity index (χ0) is 28.2. The van der Waals surface area contributed by atoms with E-state index in [9.17, 15) is 0 Å². The van der Waals surface area contributed by atoms with Gasteiger partial charge in [-0.1, -0.05) is 87.0 Å². The van der Waals surface area contributed by atoms with Crippen LogP contribution in [0.25, 0.3) is 75.6 Å². The molecule has 0 saturated carbocycles. The summed E-state index contributed by atoms with van der Waals surface area (Å²) < 4.78 is 7.19. The minimum absolute atomic E-state index is 0.913.